The van der Waals surface area contributed by atoms with E-state index < -0.39 is 6.10 Å². The molecule has 0 heterocycles. The van der Waals surface area contributed by atoms with Crippen LogP contribution in [-0.4, -0.2) is 5.11 Å². The highest BCUT2D eigenvalue weighted by molar-refractivity contribution is 9.10. The van der Waals surface area contributed by atoms with Crippen LogP contribution < -0.4 is 0 Å². The first-order valence-corrected chi connectivity index (χ1v) is 5.88. The molecule has 0 amide bonds. The predicted octanol–water partition coefficient (Wildman–Crippen LogP) is 4.15. The SMILES string of the molecule is C=C(C)CCC(O)c1ccc(C)c(Br)c1. The zero-order chi connectivity index (χ0) is 11.4. The number of halogens is 1. The number of hydrogen-bond acceptors (Lipinski definition) is 1. The summed E-state index contributed by atoms with van der Waals surface area (Å²) in [4.78, 5) is 0. The van der Waals surface area contributed by atoms with Gasteiger partial charge in [-0.3, -0.25) is 0 Å². The molecule has 15 heavy (non-hydrogen) atoms. The van der Waals surface area contributed by atoms with Gasteiger partial charge in [0, 0.05) is 4.47 Å². The molecule has 0 aliphatic rings. The summed E-state index contributed by atoms with van der Waals surface area (Å²) in [5.74, 6) is 0. The largest absolute Gasteiger partial charge is 0.388 e. The highest BCUT2D eigenvalue weighted by Crippen LogP contribution is 2.25. The van der Waals surface area contributed by atoms with Crippen molar-refractivity contribution >= 4 is 15.9 Å². The second-order valence-corrected chi connectivity index (χ2v) is 4.87. The van der Waals surface area contributed by atoms with E-state index in [1.165, 1.54) is 5.56 Å². The standard InChI is InChI=1S/C13H17BrO/c1-9(2)4-7-13(15)11-6-5-10(3)12(14)8-11/h5-6,8,13,15H,1,4,7H2,2-3H3. The van der Waals surface area contributed by atoms with Crippen LogP contribution >= 0.6 is 15.9 Å². The van der Waals surface area contributed by atoms with Gasteiger partial charge in [0.2, 0.25) is 0 Å². The average Bonchev–Trinajstić information content (AvgIpc) is 2.18. The minimum absolute atomic E-state index is 0.390. The Morgan fingerprint density at radius 2 is 2.20 bits per heavy atom. The van der Waals surface area contributed by atoms with Gasteiger partial charge in [-0.1, -0.05) is 33.6 Å². The highest BCUT2D eigenvalue weighted by atomic mass is 79.9. The quantitative estimate of drug-likeness (QED) is 0.814. The molecule has 0 aliphatic heterocycles. The van der Waals surface area contributed by atoms with Gasteiger partial charge in [0.25, 0.3) is 0 Å². The summed E-state index contributed by atoms with van der Waals surface area (Å²) in [6.45, 7) is 7.85. The number of allylic oxidation sites excluding steroid dienone is 1. The number of aliphatic hydroxyl groups is 1. The van der Waals surface area contributed by atoms with E-state index in [4.69, 9.17) is 0 Å². The molecular formula is C13H17BrO. The first-order valence-electron chi connectivity index (χ1n) is 5.09. The first kappa shape index (κ1) is 12.5. The van der Waals surface area contributed by atoms with Crippen LogP contribution in [0, 0.1) is 6.92 Å². The summed E-state index contributed by atoms with van der Waals surface area (Å²) in [5, 5.41) is 9.92. The monoisotopic (exact) mass is 268 g/mol. The minimum Gasteiger partial charge on any atom is -0.388 e. The van der Waals surface area contributed by atoms with Crippen LogP contribution in [0.15, 0.2) is 34.8 Å². The second-order valence-electron chi connectivity index (χ2n) is 4.02. The fourth-order valence-electron chi connectivity index (χ4n) is 1.37. The zero-order valence-electron chi connectivity index (χ0n) is 9.26. The molecule has 0 spiro atoms. The molecule has 1 N–H and O–H groups in total. The molecule has 1 nitrogen and oxygen atoms in total. The molecule has 1 aromatic rings. The molecule has 1 rings (SSSR count). The Labute approximate surface area is 100.0 Å². The maximum absolute atomic E-state index is 9.92. The summed E-state index contributed by atoms with van der Waals surface area (Å²) < 4.78 is 1.05. The molecule has 1 aromatic carbocycles. The fraction of sp³-hybridized carbons (Fsp3) is 0.385. The number of aryl methyl sites for hydroxylation is 1. The van der Waals surface area contributed by atoms with Gasteiger partial charge in [-0.05, 0) is 43.9 Å². The topological polar surface area (TPSA) is 20.2 Å². The van der Waals surface area contributed by atoms with Crippen molar-refractivity contribution in [2.75, 3.05) is 0 Å². The van der Waals surface area contributed by atoms with Gasteiger partial charge >= 0.3 is 0 Å². The van der Waals surface area contributed by atoms with Crippen molar-refractivity contribution in [1.82, 2.24) is 0 Å². The lowest BCUT2D eigenvalue weighted by Gasteiger charge is -2.12. The van der Waals surface area contributed by atoms with E-state index in [0.29, 0.717) is 0 Å². The van der Waals surface area contributed by atoms with E-state index in [1.807, 2.05) is 32.0 Å². The van der Waals surface area contributed by atoms with E-state index in [2.05, 4.69) is 22.5 Å². The zero-order valence-corrected chi connectivity index (χ0v) is 10.8. The summed E-state index contributed by atoms with van der Waals surface area (Å²) in [5.41, 5.74) is 3.26. The van der Waals surface area contributed by atoms with Gasteiger partial charge in [0.05, 0.1) is 6.10 Å². The van der Waals surface area contributed by atoms with Gasteiger partial charge in [-0.25, -0.2) is 0 Å². The van der Waals surface area contributed by atoms with Crippen molar-refractivity contribution in [2.45, 2.75) is 32.8 Å². The van der Waals surface area contributed by atoms with Crippen molar-refractivity contribution in [2.24, 2.45) is 0 Å². The molecular weight excluding hydrogens is 252 g/mol. The number of aliphatic hydroxyl groups excluding tert-OH is 1. The normalized spacial score (nSPS) is 12.5. The summed E-state index contributed by atoms with van der Waals surface area (Å²) in [6.07, 6.45) is 1.22. The van der Waals surface area contributed by atoms with Crippen LogP contribution in [0.1, 0.15) is 37.0 Å². The molecule has 0 radical (unpaired) electrons. The minimum atomic E-state index is -0.390. The Morgan fingerprint density at radius 3 is 2.73 bits per heavy atom. The lowest BCUT2D eigenvalue weighted by Crippen LogP contribution is -1.98. The van der Waals surface area contributed by atoms with Gasteiger partial charge in [0.1, 0.15) is 0 Å². The fourth-order valence-corrected chi connectivity index (χ4v) is 1.76. The molecule has 0 saturated heterocycles. The molecule has 82 valence electrons. The van der Waals surface area contributed by atoms with E-state index in [0.717, 1.165) is 28.5 Å². The van der Waals surface area contributed by atoms with Gasteiger partial charge in [0.15, 0.2) is 0 Å². The number of benzene rings is 1. The highest BCUT2D eigenvalue weighted by Gasteiger charge is 2.08. The van der Waals surface area contributed by atoms with E-state index in [-0.39, 0.29) is 0 Å². The Balaban J connectivity index is 2.69. The Kier molecular flexibility index (Phi) is 4.55. The van der Waals surface area contributed by atoms with Gasteiger partial charge < -0.3 is 5.11 Å². The van der Waals surface area contributed by atoms with Crippen molar-refractivity contribution < 1.29 is 5.11 Å². The van der Waals surface area contributed by atoms with E-state index in [1.54, 1.807) is 0 Å². The van der Waals surface area contributed by atoms with Crippen LogP contribution in [0.2, 0.25) is 0 Å². The average molecular weight is 269 g/mol. The molecule has 0 saturated carbocycles. The lowest BCUT2D eigenvalue weighted by atomic mass is 10.0. The van der Waals surface area contributed by atoms with Crippen LogP contribution in [0.25, 0.3) is 0 Å². The molecule has 1 atom stereocenters. The molecule has 0 aromatic heterocycles. The smallest absolute Gasteiger partial charge is 0.0793 e. The maximum atomic E-state index is 9.92. The molecule has 2 heteroatoms. The molecule has 0 bridgehead atoms. The third-order valence-electron chi connectivity index (χ3n) is 2.43. The Hall–Kier alpha value is -0.600. The van der Waals surface area contributed by atoms with Crippen molar-refractivity contribution in [3.05, 3.63) is 46.0 Å². The Morgan fingerprint density at radius 1 is 1.53 bits per heavy atom. The Bertz CT molecular complexity index is 358. The van der Waals surface area contributed by atoms with Gasteiger partial charge in [-0.2, -0.15) is 0 Å². The van der Waals surface area contributed by atoms with Crippen LogP contribution in [0.4, 0.5) is 0 Å². The van der Waals surface area contributed by atoms with E-state index >= 15 is 0 Å². The van der Waals surface area contributed by atoms with Crippen LogP contribution in [-0.2, 0) is 0 Å². The summed E-state index contributed by atoms with van der Waals surface area (Å²) in [7, 11) is 0. The third kappa shape index (κ3) is 3.80. The first-order chi connectivity index (χ1) is 7.00. The van der Waals surface area contributed by atoms with E-state index in [9.17, 15) is 5.11 Å². The van der Waals surface area contributed by atoms with Crippen LogP contribution in [0.3, 0.4) is 0 Å². The molecule has 1 unspecified atom stereocenters. The second kappa shape index (κ2) is 5.47. The van der Waals surface area contributed by atoms with Gasteiger partial charge in [-0.15, -0.1) is 6.58 Å². The maximum Gasteiger partial charge on any atom is 0.0793 e. The predicted molar refractivity (Wildman–Crippen MR) is 67.9 cm³/mol. The molecule has 0 fully saturated rings. The van der Waals surface area contributed by atoms with Crippen molar-refractivity contribution in [3.8, 4) is 0 Å². The third-order valence-corrected chi connectivity index (χ3v) is 3.28. The molecule has 0 aliphatic carbocycles. The summed E-state index contributed by atoms with van der Waals surface area (Å²) in [6, 6.07) is 5.98. The van der Waals surface area contributed by atoms with Crippen LogP contribution in [0.5, 0.6) is 0 Å². The van der Waals surface area contributed by atoms with Crippen molar-refractivity contribution in [1.29, 1.82) is 0 Å². The summed E-state index contributed by atoms with van der Waals surface area (Å²) >= 11 is 3.47. The van der Waals surface area contributed by atoms with Crippen molar-refractivity contribution in [3.63, 3.8) is 0 Å². The number of rotatable bonds is 4. The number of hydrogen-bond donors (Lipinski definition) is 1. The lowest BCUT2D eigenvalue weighted by molar-refractivity contribution is 0.168.